The van der Waals surface area contributed by atoms with Gasteiger partial charge in [-0.25, -0.2) is 4.79 Å². The molecule has 1 unspecified atom stereocenters. The molecule has 1 rings (SSSR count). The van der Waals surface area contributed by atoms with Gasteiger partial charge in [-0.05, 0) is 39.5 Å². The van der Waals surface area contributed by atoms with Gasteiger partial charge in [-0.3, -0.25) is 0 Å². The standard InChI is InChI=1S/C13H26N2O3/c1-13(2,3)18-12(16)15(4)11(8-14)9-6-10(7-9)17-5/h9-11H,6-8,14H2,1-5H3. The molecule has 0 spiro atoms. The molecule has 0 radical (unpaired) electrons. The normalized spacial score (nSPS) is 25.2. The number of hydrogen-bond donors (Lipinski definition) is 1. The molecule has 0 saturated heterocycles. The van der Waals surface area contributed by atoms with Gasteiger partial charge >= 0.3 is 6.09 Å². The Balaban J connectivity index is 2.52. The number of carbonyl (C=O) groups excluding carboxylic acids is 1. The molecule has 0 bridgehead atoms. The molecule has 1 saturated carbocycles. The van der Waals surface area contributed by atoms with Gasteiger partial charge in [0.05, 0.1) is 6.10 Å². The van der Waals surface area contributed by atoms with Crippen LogP contribution in [0.2, 0.25) is 0 Å². The van der Waals surface area contributed by atoms with Crippen molar-refractivity contribution in [2.75, 3.05) is 20.7 Å². The maximum Gasteiger partial charge on any atom is 0.410 e. The van der Waals surface area contributed by atoms with Gasteiger partial charge in [0.2, 0.25) is 0 Å². The van der Waals surface area contributed by atoms with Gasteiger partial charge in [0.1, 0.15) is 5.60 Å². The molecular weight excluding hydrogens is 232 g/mol. The Morgan fingerprint density at radius 3 is 2.39 bits per heavy atom. The third-order valence-electron chi connectivity index (χ3n) is 3.43. The number of nitrogens with two attached hydrogens (primary N) is 1. The highest BCUT2D eigenvalue weighted by molar-refractivity contribution is 5.68. The van der Waals surface area contributed by atoms with E-state index in [9.17, 15) is 4.79 Å². The number of rotatable bonds is 4. The number of likely N-dealkylation sites (N-methyl/N-ethyl adjacent to an activating group) is 1. The molecule has 0 aromatic carbocycles. The highest BCUT2D eigenvalue weighted by Gasteiger charge is 2.38. The molecule has 0 aromatic rings. The fraction of sp³-hybridized carbons (Fsp3) is 0.923. The zero-order chi connectivity index (χ0) is 13.9. The smallest absolute Gasteiger partial charge is 0.410 e. The first-order valence-corrected chi connectivity index (χ1v) is 6.47. The molecular formula is C13H26N2O3. The van der Waals surface area contributed by atoms with Gasteiger partial charge in [-0.1, -0.05) is 0 Å². The largest absolute Gasteiger partial charge is 0.444 e. The second kappa shape index (κ2) is 5.89. The number of methoxy groups -OCH3 is 1. The summed E-state index contributed by atoms with van der Waals surface area (Å²) in [5.41, 5.74) is 5.31. The Hall–Kier alpha value is -0.810. The van der Waals surface area contributed by atoms with E-state index in [0.717, 1.165) is 12.8 Å². The van der Waals surface area contributed by atoms with Crippen LogP contribution in [0.3, 0.4) is 0 Å². The zero-order valence-corrected chi connectivity index (χ0v) is 12.1. The van der Waals surface area contributed by atoms with Gasteiger partial charge in [-0.15, -0.1) is 0 Å². The van der Waals surface area contributed by atoms with Crippen molar-refractivity contribution in [1.29, 1.82) is 0 Å². The van der Waals surface area contributed by atoms with Crippen molar-refractivity contribution in [3.8, 4) is 0 Å². The molecule has 5 nitrogen and oxygen atoms in total. The lowest BCUT2D eigenvalue weighted by molar-refractivity contribution is -0.0360. The molecule has 18 heavy (non-hydrogen) atoms. The van der Waals surface area contributed by atoms with Gasteiger partial charge in [0.15, 0.2) is 0 Å². The van der Waals surface area contributed by atoms with Crippen LogP contribution < -0.4 is 5.73 Å². The van der Waals surface area contributed by atoms with Crippen molar-refractivity contribution < 1.29 is 14.3 Å². The summed E-state index contributed by atoms with van der Waals surface area (Å²) in [7, 11) is 3.47. The highest BCUT2D eigenvalue weighted by atomic mass is 16.6. The van der Waals surface area contributed by atoms with Crippen LogP contribution in [-0.2, 0) is 9.47 Å². The van der Waals surface area contributed by atoms with Crippen molar-refractivity contribution in [3.05, 3.63) is 0 Å². The Bertz CT molecular complexity index is 282. The number of hydrogen-bond acceptors (Lipinski definition) is 4. The van der Waals surface area contributed by atoms with E-state index in [1.165, 1.54) is 0 Å². The lowest BCUT2D eigenvalue weighted by Gasteiger charge is -2.42. The minimum absolute atomic E-state index is 0.0336. The Morgan fingerprint density at radius 2 is 2.00 bits per heavy atom. The molecule has 1 amide bonds. The van der Waals surface area contributed by atoms with Gasteiger partial charge in [-0.2, -0.15) is 0 Å². The quantitative estimate of drug-likeness (QED) is 0.832. The zero-order valence-electron chi connectivity index (χ0n) is 12.1. The molecule has 1 atom stereocenters. The number of carbonyl (C=O) groups is 1. The SMILES string of the molecule is COC1CC(C(CN)N(C)C(=O)OC(C)(C)C)C1. The van der Waals surface area contributed by atoms with Crippen LogP contribution in [0.15, 0.2) is 0 Å². The van der Waals surface area contributed by atoms with Crippen LogP contribution in [-0.4, -0.2) is 49.4 Å². The van der Waals surface area contributed by atoms with Gasteiger partial charge in [0, 0.05) is 26.7 Å². The van der Waals surface area contributed by atoms with E-state index in [0.29, 0.717) is 18.6 Å². The van der Waals surface area contributed by atoms with E-state index in [4.69, 9.17) is 15.2 Å². The molecule has 5 heteroatoms. The summed E-state index contributed by atoms with van der Waals surface area (Å²) in [4.78, 5) is 13.6. The first kappa shape index (κ1) is 15.2. The highest BCUT2D eigenvalue weighted by Crippen LogP contribution is 2.34. The van der Waals surface area contributed by atoms with Gasteiger partial charge < -0.3 is 20.1 Å². The van der Waals surface area contributed by atoms with Crippen molar-refractivity contribution in [2.45, 2.75) is 51.4 Å². The van der Waals surface area contributed by atoms with Crippen LogP contribution in [0.25, 0.3) is 0 Å². The third-order valence-corrected chi connectivity index (χ3v) is 3.43. The lowest BCUT2D eigenvalue weighted by atomic mass is 9.76. The first-order chi connectivity index (χ1) is 8.28. The molecule has 2 N–H and O–H groups in total. The summed E-state index contributed by atoms with van der Waals surface area (Å²) in [6, 6.07) is 0.0336. The van der Waals surface area contributed by atoms with Crippen LogP contribution >= 0.6 is 0 Å². The third kappa shape index (κ3) is 3.85. The Kier molecular flexibility index (Phi) is 4.99. The predicted octanol–water partition coefficient (Wildman–Crippen LogP) is 1.61. The summed E-state index contributed by atoms with van der Waals surface area (Å²) in [5.74, 6) is 0.414. The second-order valence-corrected chi connectivity index (χ2v) is 5.98. The van der Waals surface area contributed by atoms with Crippen LogP contribution in [0.1, 0.15) is 33.6 Å². The fourth-order valence-corrected chi connectivity index (χ4v) is 2.25. The number of amides is 1. The Morgan fingerprint density at radius 1 is 1.44 bits per heavy atom. The second-order valence-electron chi connectivity index (χ2n) is 5.98. The predicted molar refractivity (Wildman–Crippen MR) is 70.4 cm³/mol. The molecule has 0 aromatic heterocycles. The van der Waals surface area contributed by atoms with Crippen LogP contribution in [0.5, 0.6) is 0 Å². The van der Waals surface area contributed by atoms with Crippen molar-refractivity contribution in [3.63, 3.8) is 0 Å². The van der Waals surface area contributed by atoms with Gasteiger partial charge in [0.25, 0.3) is 0 Å². The average molecular weight is 258 g/mol. The summed E-state index contributed by atoms with van der Waals surface area (Å²) >= 11 is 0. The Labute approximate surface area is 110 Å². The molecule has 1 aliphatic carbocycles. The molecule has 0 heterocycles. The van der Waals surface area contributed by atoms with Crippen molar-refractivity contribution >= 4 is 6.09 Å². The van der Waals surface area contributed by atoms with E-state index >= 15 is 0 Å². The molecule has 1 aliphatic rings. The summed E-state index contributed by atoms with van der Waals surface area (Å²) < 4.78 is 10.6. The summed E-state index contributed by atoms with van der Waals surface area (Å²) in [5, 5.41) is 0. The van der Waals surface area contributed by atoms with E-state index in [-0.39, 0.29) is 12.1 Å². The van der Waals surface area contributed by atoms with Crippen molar-refractivity contribution in [1.82, 2.24) is 4.90 Å². The minimum atomic E-state index is -0.473. The molecule has 1 fully saturated rings. The minimum Gasteiger partial charge on any atom is -0.444 e. The monoisotopic (exact) mass is 258 g/mol. The lowest BCUT2D eigenvalue weighted by Crippen LogP contribution is -2.52. The maximum absolute atomic E-state index is 12.0. The van der Waals surface area contributed by atoms with Crippen LogP contribution in [0, 0.1) is 5.92 Å². The molecule has 106 valence electrons. The summed E-state index contributed by atoms with van der Waals surface area (Å²) in [6.07, 6.45) is 1.94. The van der Waals surface area contributed by atoms with Crippen molar-refractivity contribution in [2.24, 2.45) is 11.7 Å². The van der Waals surface area contributed by atoms with E-state index in [1.54, 1.807) is 19.1 Å². The van der Waals surface area contributed by atoms with E-state index in [1.807, 2.05) is 20.8 Å². The summed E-state index contributed by atoms with van der Waals surface area (Å²) in [6.45, 7) is 6.04. The molecule has 0 aliphatic heterocycles. The average Bonchev–Trinajstić information content (AvgIpc) is 2.19. The van der Waals surface area contributed by atoms with E-state index in [2.05, 4.69) is 0 Å². The number of ether oxygens (including phenoxy) is 2. The fourth-order valence-electron chi connectivity index (χ4n) is 2.25. The maximum atomic E-state index is 12.0. The first-order valence-electron chi connectivity index (χ1n) is 6.47. The van der Waals surface area contributed by atoms with E-state index < -0.39 is 5.60 Å². The topological polar surface area (TPSA) is 64.8 Å². The van der Waals surface area contributed by atoms with Crippen LogP contribution in [0.4, 0.5) is 4.79 Å². The number of nitrogens with zero attached hydrogens (tertiary/aromatic N) is 1.